The van der Waals surface area contributed by atoms with Gasteiger partial charge in [-0.25, -0.2) is 0 Å². The fourth-order valence-electron chi connectivity index (χ4n) is 2.03. The van der Waals surface area contributed by atoms with Gasteiger partial charge in [-0.3, -0.25) is 0 Å². The first-order valence-corrected chi connectivity index (χ1v) is 5.88. The molecule has 0 radical (unpaired) electrons. The molecule has 3 rings (SSSR count). The third-order valence-electron chi connectivity index (χ3n) is 2.96. The van der Waals surface area contributed by atoms with Crippen molar-refractivity contribution in [2.24, 2.45) is 0 Å². The van der Waals surface area contributed by atoms with Crippen LogP contribution in [0.5, 0.6) is 0 Å². The summed E-state index contributed by atoms with van der Waals surface area (Å²) in [5.74, 6) is 0. The highest BCUT2D eigenvalue weighted by atomic mass is 16.4. The number of rotatable bonds is 2. The van der Waals surface area contributed by atoms with E-state index in [1.807, 2.05) is 30.3 Å². The van der Waals surface area contributed by atoms with Gasteiger partial charge in [-0.1, -0.05) is 66.6 Å². The maximum absolute atomic E-state index is 9.32. The van der Waals surface area contributed by atoms with Gasteiger partial charge in [0.25, 0.3) is 0 Å². The molecule has 0 aliphatic rings. The monoisotopic (exact) mass is 252 g/mol. The first-order valence-electron chi connectivity index (χ1n) is 7.88. The molecular formula is C16H13BO2. The second-order valence-electron chi connectivity index (χ2n) is 4.19. The Bertz CT molecular complexity index is 878. The van der Waals surface area contributed by atoms with Crippen LogP contribution in [0.3, 0.4) is 0 Å². The van der Waals surface area contributed by atoms with Crippen molar-refractivity contribution in [2.45, 2.75) is 0 Å². The second-order valence-corrected chi connectivity index (χ2v) is 4.19. The molecule has 3 aromatic rings. The van der Waals surface area contributed by atoms with Gasteiger partial charge in [-0.05, 0) is 27.4 Å². The molecule has 3 aromatic carbocycles. The molecular weight excluding hydrogens is 235 g/mol. The number of hydrogen-bond acceptors (Lipinski definition) is 2. The van der Waals surface area contributed by atoms with Crippen molar-refractivity contribution in [3.8, 4) is 11.1 Å². The van der Waals surface area contributed by atoms with Crippen LogP contribution >= 0.6 is 0 Å². The molecule has 2 N–H and O–H groups in total. The van der Waals surface area contributed by atoms with Crippen molar-refractivity contribution < 1.29 is 15.5 Å². The summed E-state index contributed by atoms with van der Waals surface area (Å²) in [6.45, 7) is 0. The Hall–Kier alpha value is -2.10. The van der Waals surface area contributed by atoms with Crippen LogP contribution in [0.1, 0.15) is 5.48 Å². The lowest BCUT2D eigenvalue weighted by Crippen LogP contribution is -2.29. The second kappa shape index (κ2) is 4.88. The van der Waals surface area contributed by atoms with E-state index in [2.05, 4.69) is 0 Å². The van der Waals surface area contributed by atoms with Crippen molar-refractivity contribution in [2.75, 3.05) is 0 Å². The van der Waals surface area contributed by atoms with Crippen LogP contribution in [0.4, 0.5) is 0 Å². The third-order valence-corrected chi connectivity index (χ3v) is 2.96. The van der Waals surface area contributed by atoms with E-state index in [0.717, 1.165) is 10.8 Å². The Labute approximate surface area is 117 Å². The van der Waals surface area contributed by atoms with Crippen LogP contribution in [0.25, 0.3) is 21.9 Å². The largest absolute Gasteiger partial charge is 0.488 e. The van der Waals surface area contributed by atoms with Gasteiger partial charge < -0.3 is 10.0 Å². The molecule has 0 spiro atoms. The Morgan fingerprint density at radius 2 is 1.53 bits per heavy atom. The van der Waals surface area contributed by atoms with Crippen LogP contribution in [0, 0.1) is 0 Å². The predicted molar refractivity (Wildman–Crippen MR) is 79.2 cm³/mol. The van der Waals surface area contributed by atoms with Crippen molar-refractivity contribution in [1.82, 2.24) is 0 Å². The van der Waals surface area contributed by atoms with Crippen molar-refractivity contribution in [1.29, 1.82) is 0 Å². The Morgan fingerprint density at radius 3 is 2.26 bits per heavy atom. The molecule has 0 aromatic heterocycles. The van der Waals surface area contributed by atoms with E-state index < -0.39 is 24.7 Å². The highest BCUT2D eigenvalue weighted by Gasteiger charge is 2.10. The number of fused-ring (bicyclic) bond motifs is 1. The van der Waals surface area contributed by atoms with Crippen molar-refractivity contribution in [3.63, 3.8) is 0 Å². The van der Waals surface area contributed by atoms with Crippen LogP contribution in [0.15, 0.2) is 66.6 Å². The molecule has 2 nitrogen and oxygen atoms in total. The van der Waals surface area contributed by atoms with E-state index in [-0.39, 0.29) is 17.6 Å². The standard InChI is InChI=1S/C16H13BO2/c18-17(19)14-10-8-13(9-11-14)16-7-3-5-12-4-1-2-6-15(12)16/h1-11,18-19H/i8D,9D,10D,11D. The van der Waals surface area contributed by atoms with Gasteiger partial charge in [0, 0.05) is 0 Å². The van der Waals surface area contributed by atoms with Gasteiger partial charge in [-0.2, -0.15) is 0 Å². The third kappa shape index (κ3) is 2.26. The lowest BCUT2D eigenvalue weighted by molar-refractivity contribution is 0.426. The Kier molecular flexibility index (Phi) is 2.09. The van der Waals surface area contributed by atoms with Gasteiger partial charge in [0.05, 0.1) is 5.48 Å². The van der Waals surface area contributed by atoms with Crippen LogP contribution in [-0.4, -0.2) is 17.2 Å². The molecule has 92 valence electrons. The zero-order valence-corrected chi connectivity index (χ0v) is 10.0. The SMILES string of the molecule is [2H]c1c([2H])c(-c2cccc3ccccc23)c([2H])c([2H])c1B(O)O. The quantitative estimate of drug-likeness (QED) is 0.686. The molecule has 0 bridgehead atoms. The van der Waals surface area contributed by atoms with Crippen molar-refractivity contribution >= 4 is 23.4 Å². The minimum Gasteiger partial charge on any atom is -0.423 e. The van der Waals surface area contributed by atoms with Gasteiger partial charge in [0.1, 0.15) is 0 Å². The average molecular weight is 252 g/mol. The maximum Gasteiger partial charge on any atom is 0.488 e. The van der Waals surface area contributed by atoms with Gasteiger partial charge >= 0.3 is 7.12 Å². The lowest BCUT2D eigenvalue weighted by atomic mass is 9.79. The minimum atomic E-state index is -2.05. The molecule has 0 saturated heterocycles. The molecule has 0 aliphatic heterocycles. The Balaban J connectivity index is 2.41. The summed E-state index contributed by atoms with van der Waals surface area (Å²) in [5.41, 5.74) is 0.323. The summed E-state index contributed by atoms with van der Waals surface area (Å²) in [6, 6.07) is 11.5. The van der Waals surface area contributed by atoms with Gasteiger partial charge in [0.15, 0.2) is 0 Å². The molecule has 0 amide bonds. The zero-order valence-electron chi connectivity index (χ0n) is 14.0. The summed E-state index contributed by atoms with van der Waals surface area (Å²) < 4.78 is 32.2. The van der Waals surface area contributed by atoms with Crippen LogP contribution in [0.2, 0.25) is 0 Å². The van der Waals surface area contributed by atoms with Gasteiger partial charge in [0.2, 0.25) is 0 Å². The van der Waals surface area contributed by atoms with Crippen LogP contribution in [-0.2, 0) is 0 Å². The summed E-state index contributed by atoms with van der Waals surface area (Å²) >= 11 is 0. The molecule has 3 heteroatoms. The average Bonchev–Trinajstić information content (AvgIpc) is 2.53. The predicted octanol–water partition coefficient (Wildman–Crippen LogP) is 2.19. The Morgan fingerprint density at radius 1 is 0.842 bits per heavy atom. The van der Waals surface area contributed by atoms with E-state index in [0.29, 0.717) is 5.56 Å². The molecule has 0 saturated carbocycles. The number of benzene rings is 3. The zero-order chi connectivity index (χ0) is 16.7. The molecule has 0 atom stereocenters. The topological polar surface area (TPSA) is 40.5 Å². The fourth-order valence-corrected chi connectivity index (χ4v) is 2.03. The molecule has 0 unspecified atom stereocenters. The molecule has 0 fully saturated rings. The summed E-state index contributed by atoms with van der Waals surface area (Å²) in [6.07, 6.45) is 0. The molecule has 19 heavy (non-hydrogen) atoms. The van der Waals surface area contributed by atoms with Crippen LogP contribution < -0.4 is 5.46 Å². The van der Waals surface area contributed by atoms with E-state index in [1.54, 1.807) is 12.1 Å². The first kappa shape index (κ1) is 8.15. The van der Waals surface area contributed by atoms with Gasteiger partial charge in [-0.15, -0.1) is 0 Å². The summed E-state index contributed by atoms with van der Waals surface area (Å²) in [7, 11) is -2.05. The first-order chi connectivity index (χ1) is 10.9. The summed E-state index contributed by atoms with van der Waals surface area (Å²) in [5, 5.41) is 20.4. The van der Waals surface area contributed by atoms with E-state index >= 15 is 0 Å². The lowest BCUT2D eigenvalue weighted by Gasteiger charge is -2.07. The highest BCUT2D eigenvalue weighted by molar-refractivity contribution is 6.58. The van der Waals surface area contributed by atoms with E-state index in [1.165, 1.54) is 0 Å². The minimum absolute atomic E-state index is 0.154. The van der Waals surface area contributed by atoms with E-state index in [9.17, 15) is 10.0 Å². The summed E-state index contributed by atoms with van der Waals surface area (Å²) in [4.78, 5) is 0. The molecule has 0 heterocycles. The molecule has 0 aliphatic carbocycles. The number of hydrogen-bond donors (Lipinski definition) is 2. The normalized spacial score (nSPS) is 13.6. The smallest absolute Gasteiger partial charge is 0.423 e. The van der Waals surface area contributed by atoms with E-state index in [4.69, 9.17) is 5.48 Å². The van der Waals surface area contributed by atoms with Crippen molar-refractivity contribution in [3.05, 3.63) is 66.6 Å². The maximum atomic E-state index is 9.32. The fraction of sp³-hybridized carbons (Fsp3) is 0. The highest BCUT2D eigenvalue weighted by Crippen LogP contribution is 2.27.